The Balaban J connectivity index is 2.72. The van der Waals surface area contributed by atoms with Crippen LogP contribution in [0, 0.1) is 10.1 Å². The first-order chi connectivity index (χ1) is 8.93. The fourth-order valence-corrected chi connectivity index (χ4v) is 1.81. The third-order valence-electron chi connectivity index (χ3n) is 2.60. The predicted octanol–water partition coefficient (Wildman–Crippen LogP) is 2.24. The summed E-state index contributed by atoms with van der Waals surface area (Å²) in [5.74, 6) is -0.313. The molecule has 19 heavy (non-hydrogen) atoms. The van der Waals surface area contributed by atoms with Crippen molar-refractivity contribution in [2.75, 3.05) is 20.7 Å². The summed E-state index contributed by atoms with van der Waals surface area (Å²) in [6.07, 6.45) is 0.237. The lowest BCUT2D eigenvalue weighted by Gasteiger charge is -2.16. The van der Waals surface area contributed by atoms with E-state index in [1.807, 2.05) is 0 Å². The first kappa shape index (κ1) is 15.4. The van der Waals surface area contributed by atoms with Crippen molar-refractivity contribution in [2.45, 2.75) is 13.0 Å². The maximum atomic E-state index is 11.0. The first-order valence-corrected chi connectivity index (χ1v) is 6.00. The van der Waals surface area contributed by atoms with E-state index in [1.54, 1.807) is 18.0 Å². The normalized spacial score (nSPS) is 10.5. The van der Waals surface area contributed by atoms with Crippen LogP contribution in [-0.2, 0) is 16.1 Å². The van der Waals surface area contributed by atoms with E-state index >= 15 is 0 Å². The molecule has 0 aromatic heterocycles. The van der Waals surface area contributed by atoms with Gasteiger partial charge in [0.15, 0.2) is 0 Å². The Bertz CT molecular complexity index is 479. The van der Waals surface area contributed by atoms with Gasteiger partial charge >= 0.3 is 5.97 Å². The lowest BCUT2D eigenvalue weighted by molar-refractivity contribution is -0.385. The van der Waals surface area contributed by atoms with Crippen LogP contribution in [0.4, 0.5) is 5.69 Å². The second-order valence-corrected chi connectivity index (χ2v) is 4.53. The molecule has 7 heteroatoms. The predicted molar refractivity (Wildman–Crippen MR) is 71.1 cm³/mol. The van der Waals surface area contributed by atoms with E-state index in [0.717, 1.165) is 0 Å². The van der Waals surface area contributed by atoms with E-state index in [-0.39, 0.29) is 18.1 Å². The topological polar surface area (TPSA) is 72.7 Å². The van der Waals surface area contributed by atoms with E-state index < -0.39 is 4.92 Å². The van der Waals surface area contributed by atoms with Crippen LogP contribution in [0.5, 0.6) is 0 Å². The van der Waals surface area contributed by atoms with Crippen LogP contribution < -0.4 is 0 Å². The number of nitrogens with zero attached hydrogens (tertiary/aromatic N) is 2. The third kappa shape index (κ3) is 4.84. The molecule has 0 spiro atoms. The van der Waals surface area contributed by atoms with E-state index in [1.165, 1.54) is 19.2 Å². The maximum absolute atomic E-state index is 11.0. The van der Waals surface area contributed by atoms with Crippen LogP contribution in [0.15, 0.2) is 18.2 Å². The molecule has 0 bridgehead atoms. The number of methoxy groups -OCH3 is 1. The molecule has 0 saturated heterocycles. The second kappa shape index (κ2) is 7.06. The molecule has 0 amide bonds. The summed E-state index contributed by atoms with van der Waals surface area (Å²) < 4.78 is 4.54. The largest absolute Gasteiger partial charge is 0.469 e. The van der Waals surface area contributed by atoms with Gasteiger partial charge in [-0.15, -0.1) is 0 Å². The molecule has 1 rings (SSSR count). The van der Waals surface area contributed by atoms with Crippen molar-refractivity contribution < 1.29 is 14.5 Å². The molecule has 0 aliphatic carbocycles. The summed E-state index contributed by atoms with van der Waals surface area (Å²) in [7, 11) is 3.09. The maximum Gasteiger partial charge on any atom is 0.306 e. The van der Waals surface area contributed by atoms with Gasteiger partial charge in [-0.25, -0.2) is 0 Å². The highest BCUT2D eigenvalue weighted by Gasteiger charge is 2.15. The summed E-state index contributed by atoms with van der Waals surface area (Å²) in [6, 6.07) is 4.43. The number of carbonyl (C=O) groups excluding carboxylic acids is 1. The molecule has 1 aromatic rings. The van der Waals surface area contributed by atoms with Gasteiger partial charge in [-0.3, -0.25) is 14.9 Å². The number of halogens is 1. The van der Waals surface area contributed by atoms with E-state index in [4.69, 9.17) is 11.6 Å². The van der Waals surface area contributed by atoms with Crippen LogP contribution in [0.25, 0.3) is 0 Å². The van der Waals surface area contributed by atoms with Crippen LogP contribution in [0.2, 0.25) is 5.02 Å². The molecule has 6 nitrogen and oxygen atoms in total. The minimum Gasteiger partial charge on any atom is -0.469 e. The van der Waals surface area contributed by atoms with Crippen molar-refractivity contribution in [3.05, 3.63) is 38.9 Å². The smallest absolute Gasteiger partial charge is 0.306 e. The number of nitro benzene ring substituents is 1. The Kier molecular flexibility index (Phi) is 5.72. The number of benzene rings is 1. The quantitative estimate of drug-likeness (QED) is 0.455. The Hall–Kier alpha value is -1.66. The van der Waals surface area contributed by atoms with Crippen molar-refractivity contribution in [2.24, 2.45) is 0 Å². The average Bonchev–Trinajstić information content (AvgIpc) is 2.35. The van der Waals surface area contributed by atoms with Gasteiger partial charge in [-0.2, -0.15) is 0 Å². The summed E-state index contributed by atoms with van der Waals surface area (Å²) >= 11 is 5.84. The summed E-state index contributed by atoms with van der Waals surface area (Å²) in [4.78, 5) is 23.3. The minimum atomic E-state index is -0.445. The lowest BCUT2D eigenvalue weighted by atomic mass is 10.1. The molecule has 0 aliphatic heterocycles. The minimum absolute atomic E-state index is 0.0225. The lowest BCUT2D eigenvalue weighted by Crippen LogP contribution is -2.22. The van der Waals surface area contributed by atoms with Gasteiger partial charge in [0.2, 0.25) is 0 Å². The van der Waals surface area contributed by atoms with Gasteiger partial charge in [0, 0.05) is 29.7 Å². The van der Waals surface area contributed by atoms with Crippen molar-refractivity contribution in [1.29, 1.82) is 0 Å². The zero-order valence-electron chi connectivity index (χ0n) is 10.8. The third-order valence-corrected chi connectivity index (χ3v) is 2.84. The van der Waals surface area contributed by atoms with Crippen LogP contribution >= 0.6 is 11.6 Å². The number of carbonyl (C=O) groups is 1. The van der Waals surface area contributed by atoms with Crippen molar-refractivity contribution in [3.8, 4) is 0 Å². The highest BCUT2D eigenvalue weighted by atomic mass is 35.5. The number of hydrogen-bond donors (Lipinski definition) is 0. The molecule has 0 heterocycles. The zero-order valence-corrected chi connectivity index (χ0v) is 11.5. The fraction of sp³-hybridized carbons (Fsp3) is 0.417. The highest BCUT2D eigenvalue weighted by Crippen LogP contribution is 2.23. The molecule has 0 saturated carbocycles. The fourth-order valence-electron chi connectivity index (χ4n) is 1.61. The van der Waals surface area contributed by atoms with Crippen molar-refractivity contribution in [3.63, 3.8) is 0 Å². The second-order valence-electron chi connectivity index (χ2n) is 4.09. The van der Waals surface area contributed by atoms with Gasteiger partial charge in [-0.05, 0) is 19.2 Å². The molecule has 0 radical (unpaired) electrons. The monoisotopic (exact) mass is 286 g/mol. The zero-order chi connectivity index (χ0) is 14.4. The molecule has 0 atom stereocenters. The first-order valence-electron chi connectivity index (χ1n) is 5.62. The van der Waals surface area contributed by atoms with E-state index in [9.17, 15) is 14.9 Å². The standard InChI is InChI=1S/C12H15ClN2O4/c1-14(6-5-12(16)19-2)8-9-7-10(13)3-4-11(9)15(17)18/h3-4,7H,5-6,8H2,1-2H3. The Morgan fingerprint density at radius 3 is 2.79 bits per heavy atom. The van der Waals surface area contributed by atoms with Gasteiger partial charge in [0.25, 0.3) is 5.69 Å². The number of esters is 1. The molecule has 1 aromatic carbocycles. The van der Waals surface area contributed by atoms with Crippen molar-refractivity contribution in [1.82, 2.24) is 4.90 Å². The Morgan fingerprint density at radius 2 is 2.21 bits per heavy atom. The molecule has 0 fully saturated rings. The van der Waals surface area contributed by atoms with Gasteiger partial charge in [-0.1, -0.05) is 11.6 Å². The average molecular weight is 287 g/mol. The molecule has 104 valence electrons. The molecular formula is C12H15ClN2O4. The van der Waals surface area contributed by atoms with Crippen molar-refractivity contribution >= 4 is 23.3 Å². The van der Waals surface area contributed by atoms with E-state index in [2.05, 4.69) is 4.74 Å². The SMILES string of the molecule is COC(=O)CCN(C)Cc1cc(Cl)ccc1[N+](=O)[O-]. The number of hydrogen-bond acceptors (Lipinski definition) is 5. The number of ether oxygens (including phenoxy) is 1. The summed E-state index contributed by atoms with van der Waals surface area (Å²) in [5, 5.41) is 11.3. The van der Waals surface area contributed by atoms with E-state index in [0.29, 0.717) is 23.7 Å². The summed E-state index contributed by atoms with van der Waals surface area (Å²) in [5.41, 5.74) is 0.541. The molecule has 0 aliphatic rings. The van der Waals surface area contributed by atoms with Gasteiger partial charge < -0.3 is 9.64 Å². The molecular weight excluding hydrogens is 272 g/mol. The number of nitro groups is 1. The van der Waals surface area contributed by atoms with Gasteiger partial charge in [0.05, 0.1) is 18.5 Å². The molecule has 0 N–H and O–H groups in total. The Morgan fingerprint density at radius 1 is 1.53 bits per heavy atom. The molecule has 0 unspecified atom stereocenters. The van der Waals surface area contributed by atoms with Crippen LogP contribution in [0.3, 0.4) is 0 Å². The summed E-state index contributed by atoms with van der Waals surface area (Å²) in [6.45, 7) is 0.796. The highest BCUT2D eigenvalue weighted by molar-refractivity contribution is 6.30. The Labute approximate surface area is 116 Å². The van der Waals surface area contributed by atoms with Crippen LogP contribution in [0.1, 0.15) is 12.0 Å². The van der Waals surface area contributed by atoms with Crippen LogP contribution in [-0.4, -0.2) is 36.5 Å². The van der Waals surface area contributed by atoms with Gasteiger partial charge in [0.1, 0.15) is 0 Å². The number of rotatable bonds is 6.